The van der Waals surface area contributed by atoms with Crippen LogP contribution in [0.3, 0.4) is 0 Å². The molecule has 0 aliphatic carbocycles. The van der Waals surface area contributed by atoms with Crippen molar-refractivity contribution in [2.24, 2.45) is 0 Å². The number of rotatable bonds is 7. The minimum Gasteiger partial charge on any atom is -0.500 e. The summed E-state index contributed by atoms with van der Waals surface area (Å²) in [5, 5.41) is 0. The van der Waals surface area contributed by atoms with Gasteiger partial charge in [0.25, 0.3) is 0 Å². The first-order valence-corrected chi connectivity index (χ1v) is 8.28. The standard InChI is InChI=1S/C15H20O5S/c1-4-12-7-9-13(10-8-12)21(17,18)14(11-19-5-2)15(16)20-6-3/h7-11H,4-6H2,1-3H3/b14-11+. The maximum absolute atomic E-state index is 12.5. The summed E-state index contributed by atoms with van der Waals surface area (Å²) in [6.45, 7) is 5.63. The smallest absolute Gasteiger partial charge is 0.353 e. The normalized spacial score (nSPS) is 12.0. The molecule has 0 amide bonds. The van der Waals surface area contributed by atoms with Gasteiger partial charge in [0.15, 0.2) is 4.91 Å². The summed E-state index contributed by atoms with van der Waals surface area (Å²) in [5.41, 5.74) is 1.01. The molecule has 0 spiro atoms. The third-order valence-electron chi connectivity index (χ3n) is 2.77. The van der Waals surface area contributed by atoms with Gasteiger partial charge < -0.3 is 9.47 Å². The van der Waals surface area contributed by atoms with Gasteiger partial charge in [0.05, 0.1) is 18.1 Å². The van der Waals surface area contributed by atoms with E-state index in [4.69, 9.17) is 9.47 Å². The average molecular weight is 312 g/mol. The molecular weight excluding hydrogens is 292 g/mol. The number of aryl methyl sites for hydroxylation is 1. The lowest BCUT2D eigenvalue weighted by molar-refractivity contribution is -0.137. The molecule has 0 aliphatic rings. The second kappa shape index (κ2) is 7.83. The van der Waals surface area contributed by atoms with Crippen LogP contribution < -0.4 is 0 Å². The van der Waals surface area contributed by atoms with E-state index in [0.29, 0.717) is 0 Å². The zero-order valence-corrected chi connectivity index (χ0v) is 13.3. The molecule has 1 rings (SSSR count). The van der Waals surface area contributed by atoms with Gasteiger partial charge >= 0.3 is 5.97 Å². The van der Waals surface area contributed by atoms with Crippen LogP contribution in [0.2, 0.25) is 0 Å². The summed E-state index contributed by atoms with van der Waals surface area (Å²) in [4.78, 5) is 11.4. The van der Waals surface area contributed by atoms with Crippen molar-refractivity contribution in [2.45, 2.75) is 32.1 Å². The van der Waals surface area contributed by atoms with E-state index in [1.54, 1.807) is 26.0 Å². The highest BCUT2D eigenvalue weighted by Gasteiger charge is 2.29. The maximum Gasteiger partial charge on any atom is 0.353 e. The van der Waals surface area contributed by atoms with Crippen molar-refractivity contribution in [3.8, 4) is 0 Å². The second-order valence-corrected chi connectivity index (χ2v) is 6.08. The van der Waals surface area contributed by atoms with E-state index in [-0.39, 0.29) is 18.1 Å². The van der Waals surface area contributed by atoms with Crippen LogP contribution in [0, 0.1) is 0 Å². The van der Waals surface area contributed by atoms with Gasteiger partial charge in [0.1, 0.15) is 6.26 Å². The summed E-state index contributed by atoms with van der Waals surface area (Å²) in [6, 6.07) is 6.40. The van der Waals surface area contributed by atoms with E-state index in [1.165, 1.54) is 12.1 Å². The van der Waals surface area contributed by atoms with Crippen molar-refractivity contribution in [1.82, 2.24) is 0 Å². The molecule has 0 saturated carbocycles. The third-order valence-corrected chi connectivity index (χ3v) is 4.50. The van der Waals surface area contributed by atoms with Crippen LogP contribution in [0.4, 0.5) is 0 Å². The molecule has 0 atom stereocenters. The second-order valence-electron chi connectivity index (χ2n) is 4.16. The SMILES string of the molecule is CCO/C=C(\C(=O)OCC)S(=O)(=O)c1ccc(CC)cc1. The monoisotopic (exact) mass is 312 g/mol. The number of carbonyl (C=O) groups is 1. The molecule has 116 valence electrons. The molecular formula is C15H20O5S. The van der Waals surface area contributed by atoms with Crippen LogP contribution in [0.15, 0.2) is 40.3 Å². The molecule has 1 aromatic carbocycles. The average Bonchev–Trinajstić information content (AvgIpc) is 2.47. The Labute approximate surface area is 125 Å². The maximum atomic E-state index is 12.5. The molecule has 0 heterocycles. The summed E-state index contributed by atoms with van der Waals surface area (Å²) in [6.07, 6.45) is 1.75. The number of sulfone groups is 1. The number of hydrogen-bond acceptors (Lipinski definition) is 5. The molecule has 0 aromatic heterocycles. The molecule has 0 aliphatic heterocycles. The highest BCUT2D eigenvalue weighted by atomic mass is 32.2. The summed E-state index contributed by atoms with van der Waals surface area (Å²) in [7, 11) is -3.96. The van der Waals surface area contributed by atoms with Gasteiger partial charge in [-0.15, -0.1) is 0 Å². The highest BCUT2D eigenvalue weighted by molar-refractivity contribution is 7.96. The van der Waals surface area contributed by atoms with Crippen molar-refractivity contribution in [3.63, 3.8) is 0 Å². The quantitative estimate of drug-likeness (QED) is 0.439. The van der Waals surface area contributed by atoms with Crippen molar-refractivity contribution in [3.05, 3.63) is 41.0 Å². The Balaban J connectivity index is 3.22. The lowest BCUT2D eigenvalue weighted by Crippen LogP contribution is -2.17. The lowest BCUT2D eigenvalue weighted by atomic mass is 10.2. The van der Waals surface area contributed by atoms with E-state index in [0.717, 1.165) is 18.2 Å². The molecule has 1 aromatic rings. The molecule has 5 nitrogen and oxygen atoms in total. The van der Waals surface area contributed by atoms with Gasteiger partial charge in [-0.2, -0.15) is 0 Å². The Bertz CT molecular complexity index is 599. The van der Waals surface area contributed by atoms with Gasteiger partial charge in [0, 0.05) is 0 Å². The highest BCUT2D eigenvalue weighted by Crippen LogP contribution is 2.21. The third kappa shape index (κ3) is 4.32. The van der Waals surface area contributed by atoms with Crippen LogP contribution in [0.5, 0.6) is 0 Å². The van der Waals surface area contributed by atoms with Crippen LogP contribution in [0.1, 0.15) is 26.3 Å². The lowest BCUT2D eigenvalue weighted by Gasteiger charge is -2.09. The molecule has 0 radical (unpaired) electrons. The van der Waals surface area contributed by atoms with Crippen molar-refractivity contribution < 1.29 is 22.7 Å². The van der Waals surface area contributed by atoms with Gasteiger partial charge in [-0.1, -0.05) is 19.1 Å². The Kier molecular flexibility index (Phi) is 6.42. The van der Waals surface area contributed by atoms with Crippen LogP contribution in [-0.2, 0) is 30.5 Å². The molecule has 0 unspecified atom stereocenters. The van der Waals surface area contributed by atoms with E-state index in [1.807, 2.05) is 6.92 Å². The molecule has 0 N–H and O–H groups in total. The molecule has 21 heavy (non-hydrogen) atoms. The molecule has 0 saturated heterocycles. The fourth-order valence-electron chi connectivity index (χ4n) is 1.61. The molecule has 6 heteroatoms. The van der Waals surface area contributed by atoms with Crippen LogP contribution in [0.25, 0.3) is 0 Å². The largest absolute Gasteiger partial charge is 0.500 e. The minimum absolute atomic E-state index is 0.0405. The summed E-state index contributed by atoms with van der Waals surface area (Å²) in [5.74, 6) is -0.912. The zero-order valence-electron chi connectivity index (χ0n) is 12.5. The van der Waals surface area contributed by atoms with E-state index in [9.17, 15) is 13.2 Å². The Morgan fingerprint density at radius 3 is 2.19 bits per heavy atom. The number of ether oxygens (including phenoxy) is 2. The van der Waals surface area contributed by atoms with Crippen LogP contribution >= 0.6 is 0 Å². The molecule has 0 fully saturated rings. The predicted molar refractivity (Wildman–Crippen MR) is 79.3 cm³/mol. The van der Waals surface area contributed by atoms with Crippen molar-refractivity contribution >= 4 is 15.8 Å². The number of benzene rings is 1. The fraction of sp³-hybridized carbons (Fsp3) is 0.400. The van der Waals surface area contributed by atoms with Crippen molar-refractivity contribution in [2.75, 3.05) is 13.2 Å². The summed E-state index contributed by atoms with van der Waals surface area (Å²) >= 11 is 0. The van der Waals surface area contributed by atoms with Crippen molar-refractivity contribution in [1.29, 1.82) is 0 Å². The Morgan fingerprint density at radius 1 is 1.10 bits per heavy atom. The first kappa shape index (κ1) is 17.2. The van der Waals surface area contributed by atoms with E-state index >= 15 is 0 Å². The number of esters is 1. The fourth-order valence-corrected chi connectivity index (χ4v) is 2.84. The minimum atomic E-state index is -3.96. The zero-order chi connectivity index (χ0) is 15.9. The molecule has 0 bridgehead atoms. The summed E-state index contributed by atoms with van der Waals surface area (Å²) < 4.78 is 34.8. The predicted octanol–water partition coefficient (Wildman–Crippen LogP) is 2.46. The topological polar surface area (TPSA) is 69.7 Å². The first-order valence-electron chi connectivity index (χ1n) is 6.80. The van der Waals surface area contributed by atoms with Gasteiger partial charge in [0.2, 0.25) is 9.84 Å². The number of hydrogen-bond donors (Lipinski definition) is 0. The van der Waals surface area contributed by atoms with Gasteiger partial charge in [-0.05, 0) is 38.0 Å². The van der Waals surface area contributed by atoms with Crippen LogP contribution in [-0.4, -0.2) is 27.6 Å². The van der Waals surface area contributed by atoms with E-state index in [2.05, 4.69) is 0 Å². The Hall–Kier alpha value is -1.82. The van der Waals surface area contributed by atoms with E-state index < -0.39 is 20.7 Å². The Morgan fingerprint density at radius 2 is 1.71 bits per heavy atom. The first-order chi connectivity index (χ1) is 9.97. The van der Waals surface area contributed by atoms with Gasteiger partial charge in [-0.25, -0.2) is 13.2 Å². The number of carbonyl (C=O) groups excluding carboxylic acids is 1. The van der Waals surface area contributed by atoms with Gasteiger partial charge in [-0.3, -0.25) is 0 Å².